The third-order valence-corrected chi connectivity index (χ3v) is 4.31. The van der Waals surface area contributed by atoms with Crippen molar-refractivity contribution in [1.29, 1.82) is 5.26 Å². The minimum atomic E-state index is 0.347. The monoisotopic (exact) mass is 253 g/mol. The third kappa shape index (κ3) is 2.12. The molecule has 1 N–H and O–H groups in total. The molecule has 0 bridgehead atoms. The molecule has 0 saturated heterocycles. The molecule has 2 aromatic rings. The maximum absolute atomic E-state index is 8.94. The second kappa shape index (κ2) is 4.09. The molecule has 98 valence electrons. The van der Waals surface area contributed by atoms with E-state index in [1.807, 2.05) is 6.07 Å². The fourth-order valence-corrected chi connectivity index (χ4v) is 3.01. The molecule has 3 rings (SSSR count). The van der Waals surface area contributed by atoms with Crippen LogP contribution < -0.4 is 0 Å². The first-order valence-corrected chi connectivity index (χ1v) is 6.89. The summed E-state index contributed by atoms with van der Waals surface area (Å²) in [5.74, 6) is 0.713. The van der Waals surface area contributed by atoms with Gasteiger partial charge in [-0.15, -0.1) is 0 Å². The van der Waals surface area contributed by atoms with Crippen molar-refractivity contribution in [3.63, 3.8) is 0 Å². The first-order chi connectivity index (χ1) is 8.97. The number of hydrogen-bond donors (Lipinski definition) is 1. The molecule has 19 heavy (non-hydrogen) atoms. The summed E-state index contributed by atoms with van der Waals surface area (Å²) in [7, 11) is 0. The van der Waals surface area contributed by atoms with Gasteiger partial charge in [-0.1, -0.05) is 20.8 Å². The van der Waals surface area contributed by atoms with Crippen LogP contribution in [-0.2, 0) is 12.8 Å². The Morgan fingerprint density at radius 3 is 2.84 bits per heavy atom. The summed E-state index contributed by atoms with van der Waals surface area (Å²) in [5, 5.41) is 8.94. The predicted molar refractivity (Wildman–Crippen MR) is 75.8 cm³/mol. The van der Waals surface area contributed by atoms with Gasteiger partial charge in [0.05, 0.1) is 11.0 Å². The van der Waals surface area contributed by atoms with Crippen LogP contribution in [0.5, 0.6) is 0 Å². The fourth-order valence-electron chi connectivity index (χ4n) is 3.01. The molecule has 1 aliphatic carbocycles. The lowest BCUT2D eigenvalue weighted by Gasteiger charge is -2.34. The molecule has 0 radical (unpaired) electrons. The van der Waals surface area contributed by atoms with E-state index in [1.54, 1.807) is 0 Å². The Balaban J connectivity index is 2.03. The van der Waals surface area contributed by atoms with Crippen LogP contribution in [-0.4, -0.2) is 9.97 Å². The highest BCUT2D eigenvalue weighted by Gasteiger charge is 2.29. The predicted octanol–water partition coefficient (Wildman–Crippen LogP) is 3.59. The van der Waals surface area contributed by atoms with E-state index in [2.05, 4.69) is 37.9 Å². The number of aryl methyl sites for hydroxylation is 1. The maximum Gasteiger partial charge on any atom is 0.120 e. The molecule has 2 aromatic heterocycles. The summed E-state index contributed by atoms with van der Waals surface area (Å²) in [5.41, 5.74) is 5.42. The van der Waals surface area contributed by atoms with Gasteiger partial charge in [0.1, 0.15) is 11.8 Å². The molecule has 0 aromatic carbocycles. The lowest BCUT2D eigenvalue weighted by Crippen LogP contribution is -2.27. The summed E-state index contributed by atoms with van der Waals surface area (Å²) in [6, 6.07) is 6.17. The molecule has 1 atom stereocenters. The average Bonchev–Trinajstić information content (AvgIpc) is 2.75. The van der Waals surface area contributed by atoms with Crippen molar-refractivity contribution in [3.8, 4) is 6.07 Å². The average molecular weight is 253 g/mol. The Hall–Kier alpha value is -1.82. The van der Waals surface area contributed by atoms with Crippen molar-refractivity contribution in [2.45, 2.75) is 40.0 Å². The third-order valence-electron chi connectivity index (χ3n) is 4.31. The normalized spacial score (nSPS) is 19.2. The summed E-state index contributed by atoms with van der Waals surface area (Å²) in [6.07, 6.45) is 3.37. The molecule has 3 heteroatoms. The Kier molecular flexibility index (Phi) is 2.63. The van der Waals surface area contributed by atoms with Gasteiger partial charge in [-0.05, 0) is 42.2 Å². The quantitative estimate of drug-likeness (QED) is 0.780. The van der Waals surface area contributed by atoms with E-state index in [0.717, 1.165) is 23.9 Å². The lowest BCUT2D eigenvalue weighted by atomic mass is 9.71. The topological polar surface area (TPSA) is 52.5 Å². The second-order valence-corrected chi connectivity index (χ2v) is 6.63. The number of pyridine rings is 1. The highest BCUT2D eigenvalue weighted by Crippen LogP contribution is 2.37. The van der Waals surface area contributed by atoms with Gasteiger partial charge in [0.2, 0.25) is 0 Å². The van der Waals surface area contributed by atoms with Crippen LogP contribution in [0.15, 0.2) is 12.1 Å². The largest absolute Gasteiger partial charge is 0.345 e. The van der Waals surface area contributed by atoms with Gasteiger partial charge < -0.3 is 4.98 Å². The molecule has 0 amide bonds. The molecule has 2 heterocycles. The highest BCUT2D eigenvalue weighted by molar-refractivity contribution is 5.78. The van der Waals surface area contributed by atoms with E-state index >= 15 is 0 Å². The first kappa shape index (κ1) is 12.2. The molecule has 0 aliphatic heterocycles. The minimum absolute atomic E-state index is 0.347. The van der Waals surface area contributed by atoms with Crippen LogP contribution in [0, 0.1) is 22.7 Å². The second-order valence-electron chi connectivity index (χ2n) is 6.63. The number of rotatable bonds is 0. The lowest BCUT2D eigenvalue weighted by molar-refractivity contribution is 0.215. The summed E-state index contributed by atoms with van der Waals surface area (Å²) >= 11 is 0. The minimum Gasteiger partial charge on any atom is -0.345 e. The van der Waals surface area contributed by atoms with Gasteiger partial charge in [-0.3, -0.25) is 4.98 Å². The fraction of sp³-hybridized carbons (Fsp3) is 0.500. The number of nitrogens with one attached hydrogen (secondary N) is 1. The Bertz CT molecular complexity index is 668. The van der Waals surface area contributed by atoms with Gasteiger partial charge in [-0.2, -0.15) is 5.26 Å². The van der Waals surface area contributed by atoms with Gasteiger partial charge in [0.15, 0.2) is 0 Å². The highest BCUT2D eigenvalue weighted by atomic mass is 14.8. The number of fused-ring (bicyclic) bond motifs is 2. The summed E-state index contributed by atoms with van der Waals surface area (Å²) < 4.78 is 0. The van der Waals surface area contributed by atoms with Crippen molar-refractivity contribution < 1.29 is 0 Å². The van der Waals surface area contributed by atoms with E-state index in [1.165, 1.54) is 17.7 Å². The van der Waals surface area contributed by atoms with E-state index in [0.29, 0.717) is 17.0 Å². The van der Waals surface area contributed by atoms with Crippen LogP contribution in [0.1, 0.15) is 44.1 Å². The van der Waals surface area contributed by atoms with Crippen molar-refractivity contribution in [1.82, 2.24) is 9.97 Å². The Morgan fingerprint density at radius 2 is 2.16 bits per heavy atom. The zero-order valence-corrected chi connectivity index (χ0v) is 11.7. The van der Waals surface area contributed by atoms with Gasteiger partial charge in [0, 0.05) is 11.8 Å². The zero-order valence-electron chi connectivity index (χ0n) is 11.7. The SMILES string of the molecule is CC(C)(C)C1CCc2nc3cc(C#N)[nH]c3cc2C1. The smallest absolute Gasteiger partial charge is 0.120 e. The Labute approximate surface area is 113 Å². The van der Waals surface area contributed by atoms with Gasteiger partial charge >= 0.3 is 0 Å². The van der Waals surface area contributed by atoms with Crippen molar-refractivity contribution in [3.05, 3.63) is 29.1 Å². The molecular weight excluding hydrogens is 234 g/mol. The van der Waals surface area contributed by atoms with E-state index in [9.17, 15) is 0 Å². The number of nitrogens with zero attached hydrogens (tertiary/aromatic N) is 2. The van der Waals surface area contributed by atoms with Gasteiger partial charge in [0.25, 0.3) is 0 Å². The molecule has 0 spiro atoms. The van der Waals surface area contributed by atoms with Crippen LogP contribution in [0.2, 0.25) is 0 Å². The number of H-pyrrole nitrogens is 1. The molecule has 1 unspecified atom stereocenters. The van der Waals surface area contributed by atoms with Crippen LogP contribution >= 0.6 is 0 Å². The van der Waals surface area contributed by atoms with E-state index < -0.39 is 0 Å². The molecule has 0 fully saturated rings. The molecule has 1 aliphatic rings. The number of hydrogen-bond acceptors (Lipinski definition) is 2. The van der Waals surface area contributed by atoms with Crippen molar-refractivity contribution >= 4 is 11.0 Å². The standard InChI is InChI=1S/C16H19N3/c1-16(2,3)11-4-5-13-10(6-11)7-14-15(19-13)8-12(9-17)18-14/h7-8,11,18H,4-6H2,1-3H3. The van der Waals surface area contributed by atoms with Crippen LogP contribution in [0.25, 0.3) is 11.0 Å². The molecule has 0 saturated carbocycles. The molecular formula is C16H19N3. The first-order valence-electron chi connectivity index (χ1n) is 6.89. The Morgan fingerprint density at radius 1 is 1.37 bits per heavy atom. The van der Waals surface area contributed by atoms with Crippen molar-refractivity contribution in [2.24, 2.45) is 11.3 Å². The number of aromatic nitrogens is 2. The molecule has 3 nitrogen and oxygen atoms in total. The zero-order chi connectivity index (χ0) is 13.6. The number of nitriles is 1. The summed E-state index contributed by atoms with van der Waals surface area (Å²) in [4.78, 5) is 7.84. The summed E-state index contributed by atoms with van der Waals surface area (Å²) in [6.45, 7) is 6.95. The maximum atomic E-state index is 8.94. The van der Waals surface area contributed by atoms with E-state index in [4.69, 9.17) is 10.2 Å². The van der Waals surface area contributed by atoms with Gasteiger partial charge in [-0.25, -0.2) is 0 Å². The van der Waals surface area contributed by atoms with Crippen LogP contribution in [0.4, 0.5) is 0 Å². The van der Waals surface area contributed by atoms with Crippen LogP contribution in [0.3, 0.4) is 0 Å². The number of aromatic amines is 1. The van der Waals surface area contributed by atoms with Crippen molar-refractivity contribution in [2.75, 3.05) is 0 Å². The van der Waals surface area contributed by atoms with E-state index in [-0.39, 0.29) is 0 Å².